The fourth-order valence-corrected chi connectivity index (χ4v) is 2.65. The molecule has 0 bridgehead atoms. The Labute approximate surface area is 171 Å². The summed E-state index contributed by atoms with van der Waals surface area (Å²) in [6.45, 7) is 5.38. The number of nitrogens with zero attached hydrogens (tertiary/aromatic N) is 1. The Balaban J connectivity index is 2.11. The highest BCUT2D eigenvalue weighted by atomic mass is 16.6. The number of carbonyl (C=O) groups is 2. The average molecular weight is 400 g/mol. The van der Waals surface area contributed by atoms with Gasteiger partial charge in [0.2, 0.25) is 0 Å². The molecular formula is C22H28N2O5. The Kier molecular flexibility index (Phi) is 7.75. The number of methoxy groups -OCH3 is 1. The van der Waals surface area contributed by atoms with Gasteiger partial charge in [0.05, 0.1) is 13.7 Å². The number of carbonyl (C=O) groups excluding carboxylic acids is 2. The summed E-state index contributed by atoms with van der Waals surface area (Å²) < 4.78 is 9.82. The molecule has 2 aromatic carbocycles. The molecule has 0 unspecified atom stereocenters. The van der Waals surface area contributed by atoms with Crippen molar-refractivity contribution in [2.75, 3.05) is 13.7 Å². The number of hydrazine groups is 1. The molecule has 29 heavy (non-hydrogen) atoms. The molecule has 7 nitrogen and oxygen atoms in total. The molecule has 0 spiro atoms. The van der Waals surface area contributed by atoms with Crippen molar-refractivity contribution in [2.24, 2.45) is 0 Å². The van der Waals surface area contributed by atoms with Crippen molar-refractivity contribution in [3.05, 3.63) is 60.2 Å². The fraction of sp³-hybridized carbons (Fsp3) is 0.364. The van der Waals surface area contributed by atoms with Gasteiger partial charge in [0.1, 0.15) is 5.60 Å². The fourth-order valence-electron chi connectivity index (χ4n) is 2.65. The third-order valence-electron chi connectivity index (χ3n) is 3.95. The van der Waals surface area contributed by atoms with Crippen molar-refractivity contribution in [3.8, 4) is 11.1 Å². The number of aliphatic hydroxyl groups excluding tert-OH is 1. The van der Waals surface area contributed by atoms with Gasteiger partial charge in [-0.15, -0.1) is 0 Å². The van der Waals surface area contributed by atoms with Crippen LogP contribution >= 0.6 is 0 Å². The van der Waals surface area contributed by atoms with Gasteiger partial charge < -0.3 is 14.6 Å². The monoisotopic (exact) mass is 400 g/mol. The number of benzene rings is 2. The van der Waals surface area contributed by atoms with Gasteiger partial charge in [-0.25, -0.2) is 14.6 Å². The first kappa shape index (κ1) is 22.4. The average Bonchev–Trinajstić information content (AvgIpc) is 2.67. The van der Waals surface area contributed by atoms with Crippen LogP contribution in [-0.2, 0) is 20.8 Å². The van der Waals surface area contributed by atoms with Crippen molar-refractivity contribution in [1.29, 1.82) is 0 Å². The Hall–Kier alpha value is -2.90. The summed E-state index contributed by atoms with van der Waals surface area (Å²) in [5.74, 6) is -0.777. The highest BCUT2D eigenvalue weighted by molar-refractivity contribution is 5.74. The van der Waals surface area contributed by atoms with Crippen LogP contribution in [0.15, 0.2) is 54.6 Å². The van der Waals surface area contributed by atoms with Gasteiger partial charge in [-0.1, -0.05) is 54.6 Å². The first-order valence-corrected chi connectivity index (χ1v) is 9.33. The Morgan fingerprint density at radius 1 is 1.03 bits per heavy atom. The zero-order chi connectivity index (χ0) is 21.4. The molecule has 2 N–H and O–H groups in total. The van der Waals surface area contributed by atoms with E-state index in [1.54, 1.807) is 20.8 Å². The van der Waals surface area contributed by atoms with Gasteiger partial charge >= 0.3 is 12.1 Å². The lowest BCUT2D eigenvalue weighted by Crippen LogP contribution is -2.48. The second kappa shape index (κ2) is 10.0. The number of esters is 1. The number of amides is 1. The summed E-state index contributed by atoms with van der Waals surface area (Å²) in [6, 6.07) is 17.8. The Morgan fingerprint density at radius 3 is 2.17 bits per heavy atom. The van der Waals surface area contributed by atoms with Gasteiger partial charge in [0.25, 0.3) is 0 Å². The number of ether oxygens (including phenoxy) is 2. The van der Waals surface area contributed by atoms with Crippen molar-refractivity contribution in [2.45, 2.75) is 39.0 Å². The molecule has 0 aliphatic rings. The summed E-state index contributed by atoms with van der Waals surface area (Å²) in [4.78, 5) is 23.7. The van der Waals surface area contributed by atoms with Gasteiger partial charge in [-0.2, -0.15) is 0 Å². The molecule has 0 fully saturated rings. The van der Waals surface area contributed by atoms with Crippen LogP contribution in [0, 0.1) is 0 Å². The predicted molar refractivity (Wildman–Crippen MR) is 110 cm³/mol. The molecular weight excluding hydrogens is 372 g/mol. The lowest BCUT2D eigenvalue weighted by Gasteiger charge is -2.27. The van der Waals surface area contributed by atoms with Crippen molar-refractivity contribution < 1.29 is 24.2 Å². The molecule has 7 heteroatoms. The summed E-state index contributed by atoms with van der Waals surface area (Å²) in [6.07, 6.45) is -2.07. The molecule has 0 aliphatic heterocycles. The SMILES string of the molecule is COC(=O)[C@H](O)CN(Cc1ccc(-c2ccccc2)cc1)NC(=O)OC(C)(C)C. The van der Waals surface area contributed by atoms with E-state index in [4.69, 9.17) is 4.74 Å². The van der Waals surface area contributed by atoms with E-state index in [1.165, 1.54) is 12.1 Å². The van der Waals surface area contributed by atoms with E-state index >= 15 is 0 Å². The number of rotatable bonds is 7. The number of hydrogen-bond donors (Lipinski definition) is 2. The lowest BCUT2D eigenvalue weighted by molar-refractivity contribution is -0.152. The van der Waals surface area contributed by atoms with Gasteiger partial charge in [-0.3, -0.25) is 5.43 Å². The Morgan fingerprint density at radius 2 is 1.62 bits per heavy atom. The van der Waals surface area contributed by atoms with Crippen LogP contribution in [0.2, 0.25) is 0 Å². The van der Waals surface area contributed by atoms with E-state index in [0.717, 1.165) is 16.7 Å². The molecule has 1 amide bonds. The lowest BCUT2D eigenvalue weighted by atomic mass is 10.0. The zero-order valence-electron chi connectivity index (χ0n) is 17.2. The molecule has 1 atom stereocenters. The van der Waals surface area contributed by atoms with Gasteiger partial charge in [0, 0.05) is 6.54 Å². The van der Waals surface area contributed by atoms with E-state index in [2.05, 4.69) is 10.2 Å². The second-order valence-corrected chi connectivity index (χ2v) is 7.60. The smallest absolute Gasteiger partial charge is 0.422 e. The summed E-state index contributed by atoms with van der Waals surface area (Å²) in [5, 5.41) is 11.4. The molecule has 0 aliphatic carbocycles. The van der Waals surface area contributed by atoms with Crippen LogP contribution in [-0.4, -0.2) is 47.5 Å². The van der Waals surface area contributed by atoms with E-state index < -0.39 is 23.8 Å². The normalized spacial score (nSPS) is 12.3. The van der Waals surface area contributed by atoms with E-state index in [-0.39, 0.29) is 13.1 Å². The largest absolute Gasteiger partial charge is 0.467 e. The number of nitrogens with one attached hydrogen (secondary N) is 1. The quantitative estimate of drug-likeness (QED) is 0.548. The molecule has 0 saturated carbocycles. The van der Waals surface area contributed by atoms with Crippen molar-refractivity contribution in [1.82, 2.24) is 10.4 Å². The highest BCUT2D eigenvalue weighted by Gasteiger charge is 2.23. The zero-order valence-corrected chi connectivity index (χ0v) is 17.2. The molecule has 156 valence electrons. The Bertz CT molecular complexity index is 800. The van der Waals surface area contributed by atoms with E-state index in [1.807, 2.05) is 54.6 Å². The van der Waals surface area contributed by atoms with Crippen LogP contribution in [0.25, 0.3) is 11.1 Å². The van der Waals surface area contributed by atoms with Crippen molar-refractivity contribution >= 4 is 12.1 Å². The number of hydrogen-bond acceptors (Lipinski definition) is 6. The van der Waals surface area contributed by atoms with E-state index in [9.17, 15) is 14.7 Å². The van der Waals surface area contributed by atoms with Crippen LogP contribution in [0.5, 0.6) is 0 Å². The first-order chi connectivity index (χ1) is 13.7. The molecule has 0 saturated heterocycles. The summed E-state index contributed by atoms with van der Waals surface area (Å²) >= 11 is 0. The molecule has 0 heterocycles. The first-order valence-electron chi connectivity index (χ1n) is 9.33. The standard InChI is InChI=1S/C22H28N2O5/c1-22(2,3)29-21(27)23-24(15-19(25)20(26)28-4)14-16-10-12-18(13-11-16)17-8-6-5-7-9-17/h5-13,19,25H,14-15H2,1-4H3,(H,23,27)/t19-/m1/s1. The minimum atomic E-state index is -1.40. The van der Waals surface area contributed by atoms with E-state index in [0.29, 0.717) is 0 Å². The van der Waals surface area contributed by atoms with Crippen LogP contribution in [0.4, 0.5) is 4.79 Å². The van der Waals surface area contributed by atoms with Crippen LogP contribution in [0.1, 0.15) is 26.3 Å². The molecule has 2 rings (SSSR count). The second-order valence-electron chi connectivity index (χ2n) is 7.60. The minimum Gasteiger partial charge on any atom is -0.467 e. The third-order valence-corrected chi connectivity index (χ3v) is 3.95. The summed E-state index contributed by atoms with van der Waals surface area (Å²) in [5.41, 5.74) is 4.96. The predicted octanol–water partition coefficient (Wildman–Crippen LogP) is 3.13. The maximum Gasteiger partial charge on any atom is 0.422 e. The maximum absolute atomic E-state index is 12.1. The minimum absolute atomic E-state index is 0.146. The number of aliphatic hydroxyl groups is 1. The van der Waals surface area contributed by atoms with Gasteiger partial charge in [0.15, 0.2) is 6.10 Å². The highest BCUT2D eigenvalue weighted by Crippen LogP contribution is 2.19. The third kappa shape index (κ3) is 7.56. The maximum atomic E-state index is 12.1. The molecule has 2 aromatic rings. The molecule has 0 aromatic heterocycles. The van der Waals surface area contributed by atoms with Crippen LogP contribution < -0.4 is 5.43 Å². The van der Waals surface area contributed by atoms with Gasteiger partial charge in [-0.05, 0) is 37.5 Å². The summed E-state index contributed by atoms with van der Waals surface area (Å²) in [7, 11) is 1.19. The van der Waals surface area contributed by atoms with Crippen LogP contribution in [0.3, 0.4) is 0 Å². The van der Waals surface area contributed by atoms with Crippen molar-refractivity contribution in [3.63, 3.8) is 0 Å². The molecule has 0 radical (unpaired) electrons. The topological polar surface area (TPSA) is 88.1 Å².